The molecule has 1 saturated carbocycles. The Kier molecular flexibility index (Phi) is 1.69. The average Bonchev–Trinajstić information content (AvgIpc) is 2.70. The van der Waals surface area contributed by atoms with Crippen LogP contribution in [0.1, 0.15) is 19.8 Å². The largest absolute Gasteiger partial charge is 0.466 e. The minimum atomic E-state index is 0.598. The van der Waals surface area contributed by atoms with E-state index in [1.165, 1.54) is 43.9 Å². The van der Waals surface area contributed by atoms with E-state index in [1.54, 1.807) is 0 Å². The molecule has 0 atom stereocenters. The zero-order valence-electron chi connectivity index (χ0n) is 7.40. The molecular weight excluding hydrogens is 136 g/mol. The van der Waals surface area contributed by atoms with E-state index in [4.69, 9.17) is 0 Å². The number of nitrogens with zero attached hydrogens (tertiary/aromatic N) is 1. The summed E-state index contributed by atoms with van der Waals surface area (Å²) >= 11 is 0. The summed E-state index contributed by atoms with van der Waals surface area (Å²) in [6, 6.07) is 0. The Morgan fingerprint density at radius 1 is 1.27 bits per heavy atom. The van der Waals surface area contributed by atoms with E-state index in [2.05, 4.69) is 18.9 Å². The number of nitrogens with one attached hydrogen (secondary N) is 1. The molecule has 1 aliphatic carbocycles. The minimum absolute atomic E-state index is 0.598. The van der Waals surface area contributed by atoms with Crippen LogP contribution in [0.4, 0.5) is 0 Å². The summed E-state index contributed by atoms with van der Waals surface area (Å²) < 4.78 is 0. The number of hydrogen-bond donors (Lipinski definition) is 1. The van der Waals surface area contributed by atoms with Gasteiger partial charge in [-0.25, -0.2) is 0 Å². The van der Waals surface area contributed by atoms with Crippen LogP contribution >= 0.6 is 0 Å². The molecule has 0 radical (unpaired) electrons. The van der Waals surface area contributed by atoms with Crippen molar-refractivity contribution in [1.29, 1.82) is 0 Å². The molecule has 0 amide bonds. The van der Waals surface area contributed by atoms with Gasteiger partial charge < -0.3 is 4.90 Å². The van der Waals surface area contributed by atoms with Crippen molar-refractivity contribution in [3.8, 4) is 0 Å². The van der Waals surface area contributed by atoms with E-state index in [-0.39, 0.29) is 0 Å². The predicted molar refractivity (Wildman–Crippen MR) is 45.3 cm³/mol. The fourth-order valence-electron chi connectivity index (χ4n) is 1.86. The molecule has 2 aliphatic rings. The molecule has 1 N–H and O–H groups in total. The van der Waals surface area contributed by atoms with Crippen LogP contribution in [0.5, 0.6) is 0 Å². The first-order chi connectivity index (χ1) is 5.21. The molecule has 0 unspecified atom stereocenters. The summed E-state index contributed by atoms with van der Waals surface area (Å²) in [5.74, 6) is 0. The molecule has 0 aromatic carbocycles. The summed E-state index contributed by atoms with van der Waals surface area (Å²) in [5.41, 5.74) is 0.598. The second-order valence-electron chi connectivity index (χ2n) is 4.23. The van der Waals surface area contributed by atoms with Crippen molar-refractivity contribution in [1.82, 2.24) is 4.90 Å². The normalized spacial score (nSPS) is 32.2. The molecule has 2 nitrogen and oxygen atoms in total. The summed E-state index contributed by atoms with van der Waals surface area (Å²) in [6.45, 7) is 7.37. The topological polar surface area (TPSA) is 7.68 Å². The third-order valence-corrected chi connectivity index (χ3v) is 3.21. The third-order valence-electron chi connectivity index (χ3n) is 3.21. The van der Waals surface area contributed by atoms with Crippen LogP contribution in [0.15, 0.2) is 0 Å². The maximum Gasteiger partial charge on any atom is 0.0660 e. The number of rotatable bonds is 1. The van der Waals surface area contributed by atoms with E-state index in [1.807, 2.05) is 0 Å². The first-order valence-corrected chi connectivity index (χ1v) is 4.62. The van der Waals surface area contributed by atoms with Crippen LogP contribution in [-0.4, -0.2) is 36.6 Å². The van der Waals surface area contributed by atoms with Crippen molar-refractivity contribution in [3.05, 3.63) is 7.05 Å². The SMILES string of the molecule is [CH2-][NH+]1CCN(C2(C)CC2)CC1. The van der Waals surface area contributed by atoms with Crippen molar-refractivity contribution in [2.24, 2.45) is 0 Å². The highest BCUT2D eigenvalue weighted by Gasteiger charge is 2.43. The van der Waals surface area contributed by atoms with Gasteiger partial charge in [-0.1, -0.05) is 0 Å². The van der Waals surface area contributed by atoms with Crippen LogP contribution in [0, 0.1) is 7.05 Å². The molecule has 1 heterocycles. The molecular formula is C9H18N2. The van der Waals surface area contributed by atoms with Gasteiger partial charge >= 0.3 is 0 Å². The van der Waals surface area contributed by atoms with Gasteiger partial charge in [0, 0.05) is 18.6 Å². The molecule has 2 fully saturated rings. The number of piperazine rings is 1. The molecule has 1 aliphatic heterocycles. The molecule has 0 bridgehead atoms. The Hall–Kier alpha value is -0.0800. The van der Waals surface area contributed by atoms with Crippen molar-refractivity contribution in [2.45, 2.75) is 25.3 Å². The monoisotopic (exact) mass is 154 g/mol. The van der Waals surface area contributed by atoms with Crippen LogP contribution in [0.2, 0.25) is 0 Å². The van der Waals surface area contributed by atoms with Crippen molar-refractivity contribution >= 4 is 0 Å². The van der Waals surface area contributed by atoms with Crippen LogP contribution < -0.4 is 4.90 Å². The fourth-order valence-corrected chi connectivity index (χ4v) is 1.86. The van der Waals surface area contributed by atoms with Crippen molar-refractivity contribution in [2.75, 3.05) is 26.2 Å². The van der Waals surface area contributed by atoms with Gasteiger partial charge in [0.1, 0.15) is 0 Å². The predicted octanol–water partition coefficient (Wildman–Crippen LogP) is -0.469. The summed E-state index contributed by atoms with van der Waals surface area (Å²) in [7, 11) is 4.02. The fraction of sp³-hybridized carbons (Fsp3) is 0.889. The van der Waals surface area contributed by atoms with Crippen molar-refractivity contribution < 1.29 is 4.90 Å². The Morgan fingerprint density at radius 2 is 1.82 bits per heavy atom. The third kappa shape index (κ3) is 1.42. The van der Waals surface area contributed by atoms with Crippen LogP contribution in [0.25, 0.3) is 0 Å². The molecule has 0 spiro atoms. The number of quaternary nitrogens is 1. The maximum absolute atomic E-state index is 4.02. The van der Waals surface area contributed by atoms with Gasteiger partial charge in [0.15, 0.2) is 0 Å². The van der Waals surface area contributed by atoms with Crippen LogP contribution in [0.3, 0.4) is 0 Å². The van der Waals surface area contributed by atoms with Gasteiger partial charge in [-0.15, -0.1) is 0 Å². The Morgan fingerprint density at radius 3 is 2.27 bits per heavy atom. The average molecular weight is 154 g/mol. The van der Waals surface area contributed by atoms with E-state index in [0.29, 0.717) is 5.54 Å². The van der Waals surface area contributed by atoms with Gasteiger partial charge in [-0.2, -0.15) is 7.05 Å². The molecule has 0 aromatic heterocycles. The maximum atomic E-state index is 4.02. The lowest BCUT2D eigenvalue weighted by atomic mass is 10.2. The minimum Gasteiger partial charge on any atom is -0.466 e. The smallest absolute Gasteiger partial charge is 0.0660 e. The summed E-state index contributed by atoms with van der Waals surface area (Å²) in [5, 5.41) is 0. The summed E-state index contributed by atoms with van der Waals surface area (Å²) in [6.07, 6.45) is 2.83. The van der Waals surface area contributed by atoms with E-state index < -0.39 is 0 Å². The zero-order chi connectivity index (χ0) is 7.90. The molecule has 64 valence electrons. The van der Waals surface area contributed by atoms with Gasteiger partial charge in [0.2, 0.25) is 0 Å². The van der Waals surface area contributed by atoms with Crippen molar-refractivity contribution in [3.63, 3.8) is 0 Å². The highest BCUT2D eigenvalue weighted by Crippen LogP contribution is 2.40. The highest BCUT2D eigenvalue weighted by atomic mass is 15.3. The Bertz CT molecular complexity index is 144. The van der Waals surface area contributed by atoms with E-state index >= 15 is 0 Å². The first kappa shape index (κ1) is 7.56. The molecule has 1 saturated heterocycles. The summed E-state index contributed by atoms with van der Waals surface area (Å²) in [4.78, 5) is 4.09. The highest BCUT2D eigenvalue weighted by molar-refractivity contribution is 4.99. The molecule has 0 aromatic rings. The van der Waals surface area contributed by atoms with Crippen LogP contribution in [-0.2, 0) is 0 Å². The van der Waals surface area contributed by atoms with Gasteiger partial charge in [0.25, 0.3) is 0 Å². The standard InChI is InChI=1S/C9H18N2/c1-9(3-4-9)11-7-5-10(2)6-8-11/h10H,2-8H2,1H3. The van der Waals surface area contributed by atoms with E-state index in [9.17, 15) is 0 Å². The lowest BCUT2D eigenvalue weighted by molar-refractivity contribution is -0.859. The lowest BCUT2D eigenvalue weighted by Gasteiger charge is -2.37. The van der Waals surface area contributed by atoms with Gasteiger partial charge in [-0.3, -0.25) is 4.90 Å². The Labute approximate surface area is 69.2 Å². The first-order valence-electron chi connectivity index (χ1n) is 4.62. The van der Waals surface area contributed by atoms with Gasteiger partial charge in [-0.05, 0) is 19.8 Å². The number of hydrogen-bond acceptors (Lipinski definition) is 1. The van der Waals surface area contributed by atoms with Gasteiger partial charge in [0.05, 0.1) is 13.1 Å². The Balaban J connectivity index is 1.87. The molecule has 2 heteroatoms. The quantitative estimate of drug-likeness (QED) is 0.502. The lowest BCUT2D eigenvalue weighted by Crippen LogP contribution is -3.10. The zero-order valence-corrected chi connectivity index (χ0v) is 7.40. The second-order valence-corrected chi connectivity index (χ2v) is 4.23. The molecule has 2 rings (SSSR count). The second kappa shape index (κ2) is 2.46. The molecule has 11 heavy (non-hydrogen) atoms. The van der Waals surface area contributed by atoms with E-state index in [0.717, 1.165) is 0 Å².